The molecule has 0 saturated heterocycles. The minimum absolute atomic E-state index is 0.828. The van der Waals surface area contributed by atoms with Gasteiger partial charge in [-0.05, 0) is 35.4 Å². The first-order chi connectivity index (χ1) is 10.2. The molecule has 2 aromatic carbocycles. The number of carboxylic acid groups (broad SMARTS) is 1. The Morgan fingerprint density at radius 2 is 1.90 bits per heavy atom. The zero-order chi connectivity index (χ0) is 14.7. The van der Waals surface area contributed by atoms with Gasteiger partial charge in [0.15, 0.2) is 0 Å². The van der Waals surface area contributed by atoms with Gasteiger partial charge in [-0.15, -0.1) is 0 Å². The van der Waals surface area contributed by atoms with E-state index in [9.17, 15) is 4.79 Å². The normalized spacial score (nSPS) is 11.2. The van der Waals surface area contributed by atoms with Crippen LogP contribution in [0.4, 0.5) is 0 Å². The summed E-state index contributed by atoms with van der Waals surface area (Å²) in [4.78, 5) is 10.6. The molecule has 0 aliphatic carbocycles. The zero-order valence-electron chi connectivity index (χ0n) is 11.4. The minimum Gasteiger partial charge on any atom is -0.478 e. The number of aliphatic carboxylic acids is 1. The van der Waals surface area contributed by atoms with E-state index >= 15 is 0 Å². The van der Waals surface area contributed by atoms with E-state index in [4.69, 9.17) is 5.11 Å². The van der Waals surface area contributed by atoms with Crippen LogP contribution in [0.2, 0.25) is 0 Å². The van der Waals surface area contributed by atoms with E-state index in [1.807, 2.05) is 36.4 Å². The molecule has 3 nitrogen and oxygen atoms in total. The molecule has 0 unspecified atom stereocenters. The molecule has 0 spiro atoms. The van der Waals surface area contributed by atoms with Crippen LogP contribution in [0.15, 0.2) is 66.9 Å². The Hall–Kier alpha value is -2.81. The Labute approximate surface area is 122 Å². The van der Waals surface area contributed by atoms with Gasteiger partial charge in [0.1, 0.15) is 0 Å². The average molecular weight is 277 g/mol. The van der Waals surface area contributed by atoms with Crippen LogP contribution in [0, 0.1) is 0 Å². The topological polar surface area (TPSA) is 42.2 Å². The monoisotopic (exact) mass is 277 g/mol. The summed E-state index contributed by atoms with van der Waals surface area (Å²) in [7, 11) is 0. The van der Waals surface area contributed by atoms with Crippen molar-refractivity contribution in [2.24, 2.45) is 0 Å². The summed E-state index contributed by atoms with van der Waals surface area (Å²) in [5.41, 5.74) is 3.29. The fourth-order valence-electron chi connectivity index (χ4n) is 2.41. The molecule has 0 atom stereocenters. The number of carboxylic acids is 1. The third-order valence-electron chi connectivity index (χ3n) is 3.41. The SMILES string of the molecule is O=C(O)/C=C/c1ccc2c(ccn2Cc2ccccc2)c1. The quantitative estimate of drug-likeness (QED) is 0.737. The van der Waals surface area contributed by atoms with E-state index in [0.29, 0.717) is 0 Å². The van der Waals surface area contributed by atoms with Gasteiger partial charge in [0.25, 0.3) is 0 Å². The van der Waals surface area contributed by atoms with E-state index in [0.717, 1.165) is 29.1 Å². The molecular weight excluding hydrogens is 262 g/mol. The zero-order valence-corrected chi connectivity index (χ0v) is 11.4. The average Bonchev–Trinajstić information content (AvgIpc) is 2.89. The summed E-state index contributed by atoms with van der Waals surface area (Å²) in [6.07, 6.45) is 4.82. The largest absolute Gasteiger partial charge is 0.478 e. The van der Waals surface area contributed by atoms with Crippen molar-refractivity contribution in [2.75, 3.05) is 0 Å². The number of carbonyl (C=O) groups is 1. The molecule has 3 rings (SSSR count). The van der Waals surface area contributed by atoms with E-state index in [2.05, 4.69) is 29.0 Å². The fourth-order valence-corrected chi connectivity index (χ4v) is 2.41. The Morgan fingerprint density at radius 1 is 1.10 bits per heavy atom. The van der Waals surface area contributed by atoms with Gasteiger partial charge < -0.3 is 9.67 Å². The fraction of sp³-hybridized carbons (Fsp3) is 0.0556. The maximum absolute atomic E-state index is 10.6. The van der Waals surface area contributed by atoms with Crippen LogP contribution in [-0.4, -0.2) is 15.6 Å². The van der Waals surface area contributed by atoms with E-state index in [-0.39, 0.29) is 0 Å². The summed E-state index contributed by atoms with van der Waals surface area (Å²) in [5, 5.41) is 9.78. The van der Waals surface area contributed by atoms with Gasteiger partial charge in [0, 0.05) is 29.7 Å². The van der Waals surface area contributed by atoms with Crippen molar-refractivity contribution in [1.82, 2.24) is 4.57 Å². The maximum atomic E-state index is 10.6. The van der Waals surface area contributed by atoms with E-state index < -0.39 is 5.97 Å². The lowest BCUT2D eigenvalue weighted by atomic mass is 10.1. The van der Waals surface area contributed by atoms with Crippen LogP contribution >= 0.6 is 0 Å². The molecule has 0 aliphatic heterocycles. The molecule has 1 aromatic heterocycles. The Morgan fingerprint density at radius 3 is 2.67 bits per heavy atom. The van der Waals surface area contributed by atoms with Crippen molar-refractivity contribution in [3.8, 4) is 0 Å². The number of rotatable bonds is 4. The highest BCUT2D eigenvalue weighted by Gasteiger charge is 2.02. The first-order valence-corrected chi connectivity index (χ1v) is 6.76. The summed E-state index contributed by atoms with van der Waals surface area (Å²) in [6, 6.07) is 18.3. The molecular formula is C18H15NO2. The summed E-state index contributed by atoms with van der Waals surface area (Å²) < 4.78 is 2.19. The van der Waals surface area contributed by atoms with E-state index in [1.165, 1.54) is 5.56 Å². The predicted octanol–water partition coefficient (Wildman–Crippen LogP) is 3.79. The molecule has 0 amide bonds. The second-order valence-electron chi connectivity index (χ2n) is 4.92. The van der Waals surface area contributed by atoms with Gasteiger partial charge >= 0.3 is 5.97 Å². The lowest BCUT2D eigenvalue weighted by Crippen LogP contribution is -1.97. The van der Waals surface area contributed by atoms with Gasteiger partial charge in [-0.2, -0.15) is 0 Å². The van der Waals surface area contributed by atoms with Crippen LogP contribution in [0.3, 0.4) is 0 Å². The third-order valence-corrected chi connectivity index (χ3v) is 3.41. The van der Waals surface area contributed by atoms with Crippen LogP contribution < -0.4 is 0 Å². The van der Waals surface area contributed by atoms with E-state index in [1.54, 1.807) is 6.08 Å². The Bertz CT molecular complexity index is 800. The first kappa shape index (κ1) is 13.2. The Balaban J connectivity index is 1.91. The third kappa shape index (κ3) is 3.03. The lowest BCUT2D eigenvalue weighted by Gasteiger charge is -2.06. The summed E-state index contributed by atoms with van der Waals surface area (Å²) >= 11 is 0. The molecule has 0 radical (unpaired) electrons. The van der Waals surface area contributed by atoms with Crippen molar-refractivity contribution >= 4 is 22.9 Å². The second-order valence-corrected chi connectivity index (χ2v) is 4.92. The van der Waals surface area contributed by atoms with Crippen LogP contribution in [0.1, 0.15) is 11.1 Å². The molecule has 1 heterocycles. The number of nitrogens with zero attached hydrogens (tertiary/aromatic N) is 1. The smallest absolute Gasteiger partial charge is 0.328 e. The van der Waals surface area contributed by atoms with Gasteiger partial charge in [-0.3, -0.25) is 0 Å². The molecule has 3 heteroatoms. The van der Waals surface area contributed by atoms with Crippen LogP contribution in [-0.2, 0) is 11.3 Å². The predicted molar refractivity (Wildman–Crippen MR) is 84.2 cm³/mol. The van der Waals surface area contributed by atoms with Crippen molar-refractivity contribution in [3.05, 3.63) is 78.0 Å². The summed E-state index contributed by atoms with van der Waals surface area (Å²) in [5.74, 6) is -0.934. The van der Waals surface area contributed by atoms with Gasteiger partial charge in [-0.1, -0.05) is 36.4 Å². The molecule has 0 fully saturated rings. The highest BCUT2D eigenvalue weighted by molar-refractivity contribution is 5.88. The first-order valence-electron chi connectivity index (χ1n) is 6.76. The second kappa shape index (κ2) is 5.67. The van der Waals surface area contributed by atoms with Gasteiger partial charge in [0.05, 0.1) is 0 Å². The number of fused-ring (bicyclic) bond motifs is 1. The standard InChI is InChI=1S/C18H15NO2/c20-18(21)9-7-14-6-8-17-16(12-14)10-11-19(17)13-15-4-2-1-3-5-15/h1-12H,13H2,(H,20,21)/b9-7+. The number of aromatic nitrogens is 1. The highest BCUT2D eigenvalue weighted by Crippen LogP contribution is 2.19. The van der Waals surface area contributed by atoms with Crippen LogP contribution in [0.5, 0.6) is 0 Å². The van der Waals surface area contributed by atoms with Crippen molar-refractivity contribution in [3.63, 3.8) is 0 Å². The maximum Gasteiger partial charge on any atom is 0.328 e. The molecule has 0 aliphatic rings. The van der Waals surface area contributed by atoms with Crippen molar-refractivity contribution in [2.45, 2.75) is 6.54 Å². The number of hydrogen-bond acceptors (Lipinski definition) is 1. The minimum atomic E-state index is -0.934. The van der Waals surface area contributed by atoms with Gasteiger partial charge in [-0.25, -0.2) is 4.79 Å². The van der Waals surface area contributed by atoms with Crippen LogP contribution in [0.25, 0.3) is 17.0 Å². The van der Waals surface area contributed by atoms with Crippen molar-refractivity contribution in [1.29, 1.82) is 0 Å². The number of benzene rings is 2. The van der Waals surface area contributed by atoms with Crippen molar-refractivity contribution < 1.29 is 9.90 Å². The molecule has 21 heavy (non-hydrogen) atoms. The molecule has 3 aromatic rings. The highest BCUT2D eigenvalue weighted by atomic mass is 16.4. The lowest BCUT2D eigenvalue weighted by molar-refractivity contribution is -0.131. The molecule has 0 saturated carbocycles. The Kier molecular flexibility index (Phi) is 3.56. The molecule has 1 N–H and O–H groups in total. The molecule has 104 valence electrons. The number of hydrogen-bond donors (Lipinski definition) is 1. The summed E-state index contributed by atoms with van der Waals surface area (Å²) in [6.45, 7) is 0.828. The molecule has 0 bridgehead atoms. The van der Waals surface area contributed by atoms with Gasteiger partial charge in [0.2, 0.25) is 0 Å².